The van der Waals surface area contributed by atoms with Gasteiger partial charge in [-0.05, 0) is 80.2 Å². The summed E-state index contributed by atoms with van der Waals surface area (Å²) in [5.41, 5.74) is 2.51. The number of anilines is 1. The van der Waals surface area contributed by atoms with E-state index >= 15 is 0 Å². The van der Waals surface area contributed by atoms with E-state index in [1.165, 1.54) is 16.0 Å². The number of likely N-dealkylation sites (tertiary alicyclic amines) is 1. The lowest BCUT2D eigenvalue weighted by Gasteiger charge is -2.47. The molecule has 2 aliphatic heterocycles. The average molecular weight is 724 g/mol. The van der Waals surface area contributed by atoms with Crippen LogP contribution in [-0.4, -0.2) is 79.2 Å². The summed E-state index contributed by atoms with van der Waals surface area (Å²) in [6.45, 7) is 10.4. The van der Waals surface area contributed by atoms with E-state index in [0.717, 1.165) is 37.2 Å². The van der Waals surface area contributed by atoms with Gasteiger partial charge < -0.3 is 19.6 Å². The zero-order chi connectivity index (χ0) is 35.6. The molecule has 3 amide bonds. The smallest absolute Gasteiger partial charge is 0.316 e. The molecule has 3 aromatic carbocycles. The molecule has 0 N–H and O–H groups in total. The highest BCUT2D eigenvalue weighted by Crippen LogP contribution is 2.53. The van der Waals surface area contributed by atoms with Crippen LogP contribution in [0.5, 0.6) is 0 Å². The van der Waals surface area contributed by atoms with Crippen molar-refractivity contribution < 1.29 is 14.4 Å². The van der Waals surface area contributed by atoms with Crippen LogP contribution in [-0.2, 0) is 30.4 Å². The topological polar surface area (TPSA) is 64.2 Å². The standard InChI is InChI=1S/C39H48Cl2N4O3S/c1-7-45(30-14-9-8-10-15-30)35(47)34(46)43(6)38(27-42(5)36(48)37(2,3)4,29-17-18-32(40)33(41)25-29)19-22-44-23-20-39(21-24-44)31-16-12-11-13-28(31)26-49-39/h8-18,25H,7,19-24,26-27H2,1-6H3/t38-/m1/s1. The van der Waals surface area contributed by atoms with E-state index in [9.17, 15) is 14.4 Å². The molecule has 3 aromatic rings. The molecule has 2 heterocycles. The van der Waals surface area contributed by atoms with Crippen molar-refractivity contribution in [3.8, 4) is 0 Å². The molecular weight excluding hydrogens is 675 g/mol. The van der Waals surface area contributed by atoms with E-state index < -0.39 is 22.8 Å². The van der Waals surface area contributed by atoms with Gasteiger partial charge in [0.1, 0.15) is 0 Å². The molecule has 0 unspecified atom stereocenters. The summed E-state index contributed by atoms with van der Waals surface area (Å²) in [4.78, 5) is 49.3. The van der Waals surface area contributed by atoms with E-state index in [-0.39, 0.29) is 17.2 Å². The minimum atomic E-state index is -1.10. The summed E-state index contributed by atoms with van der Waals surface area (Å²) in [5.74, 6) is -0.323. The van der Waals surface area contributed by atoms with Gasteiger partial charge in [-0.3, -0.25) is 14.4 Å². The fourth-order valence-corrected chi connectivity index (χ4v) is 9.20. The Balaban J connectivity index is 1.50. The molecule has 0 aliphatic carbocycles. The van der Waals surface area contributed by atoms with Crippen LogP contribution in [0.4, 0.5) is 5.69 Å². The van der Waals surface area contributed by atoms with Crippen molar-refractivity contribution in [2.45, 2.75) is 63.0 Å². The Bertz CT molecular complexity index is 1670. The average Bonchev–Trinajstić information content (AvgIpc) is 3.45. The van der Waals surface area contributed by atoms with E-state index in [2.05, 4.69) is 40.9 Å². The van der Waals surface area contributed by atoms with Gasteiger partial charge in [-0.15, -0.1) is 11.8 Å². The molecule has 1 atom stereocenters. The van der Waals surface area contributed by atoms with Crippen LogP contribution < -0.4 is 4.90 Å². The predicted molar refractivity (Wildman–Crippen MR) is 202 cm³/mol. The molecule has 0 aromatic heterocycles. The monoisotopic (exact) mass is 722 g/mol. The number of piperidine rings is 1. The van der Waals surface area contributed by atoms with E-state index in [4.69, 9.17) is 23.2 Å². The molecule has 7 nitrogen and oxygen atoms in total. The van der Waals surface area contributed by atoms with Gasteiger partial charge >= 0.3 is 11.8 Å². The summed E-state index contributed by atoms with van der Waals surface area (Å²) in [6.07, 6.45) is 2.54. The van der Waals surface area contributed by atoms with Crippen molar-refractivity contribution in [3.05, 3.63) is 99.5 Å². The number of benzene rings is 3. The van der Waals surface area contributed by atoms with Crippen LogP contribution in [0.15, 0.2) is 72.8 Å². The Morgan fingerprint density at radius 3 is 2.16 bits per heavy atom. The predicted octanol–water partition coefficient (Wildman–Crippen LogP) is 7.83. The molecule has 1 fully saturated rings. The highest BCUT2D eigenvalue weighted by Gasteiger charge is 2.46. The number of fused-ring (bicyclic) bond motifs is 2. The molecule has 1 saturated heterocycles. The van der Waals surface area contributed by atoms with E-state index in [1.54, 1.807) is 36.0 Å². The zero-order valence-corrected chi connectivity index (χ0v) is 31.8. The highest BCUT2D eigenvalue weighted by atomic mass is 35.5. The summed E-state index contributed by atoms with van der Waals surface area (Å²) < 4.78 is 0.132. The molecule has 49 heavy (non-hydrogen) atoms. The second-order valence-electron chi connectivity index (χ2n) is 14.4. The molecule has 1 spiro atoms. The Kier molecular flexibility index (Phi) is 11.4. The fourth-order valence-electron chi connectivity index (χ4n) is 7.39. The van der Waals surface area contributed by atoms with Crippen molar-refractivity contribution in [2.24, 2.45) is 5.41 Å². The maximum atomic E-state index is 14.4. The van der Waals surface area contributed by atoms with Crippen molar-refractivity contribution in [3.63, 3.8) is 0 Å². The number of hydrogen-bond donors (Lipinski definition) is 0. The number of carbonyl (C=O) groups is 3. The van der Waals surface area contributed by atoms with Gasteiger partial charge in [0.15, 0.2) is 0 Å². The first-order valence-electron chi connectivity index (χ1n) is 17.0. The van der Waals surface area contributed by atoms with E-state index in [0.29, 0.717) is 35.2 Å². The molecule has 0 radical (unpaired) electrons. The summed E-state index contributed by atoms with van der Waals surface area (Å²) >= 11 is 15.1. The number of rotatable bonds is 9. The molecule has 0 saturated carbocycles. The minimum Gasteiger partial charge on any atom is -0.343 e. The number of thioether (sulfide) groups is 1. The molecule has 0 bridgehead atoms. The Hall–Kier alpha value is -3.04. The zero-order valence-electron chi connectivity index (χ0n) is 29.5. The molecule has 10 heteroatoms. The first kappa shape index (κ1) is 37.2. The normalized spacial score (nSPS) is 16.9. The first-order chi connectivity index (χ1) is 23.2. The molecule has 5 rings (SSSR count). The van der Waals surface area contributed by atoms with Crippen LogP contribution in [0.25, 0.3) is 0 Å². The van der Waals surface area contributed by atoms with Gasteiger partial charge in [0.25, 0.3) is 0 Å². The SMILES string of the molecule is CCN(C(=O)C(=O)N(C)[C@](CCN1CCC2(CC1)SCc1ccccc12)(CN(C)C(=O)C(C)(C)C)c1ccc(Cl)c(Cl)c1)c1ccccc1. The van der Waals surface area contributed by atoms with Crippen LogP contribution >= 0.6 is 35.0 Å². The second-order valence-corrected chi connectivity index (χ2v) is 16.5. The van der Waals surface area contributed by atoms with Crippen LogP contribution in [0.2, 0.25) is 10.0 Å². The number of hydrogen-bond acceptors (Lipinski definition) is 5. The summed E-state index contributed by atoms with van der Waals surface area (Å²) in [6, 6.07) is 23.4. The summed E-state index contributed by atoms with van der Waals surface area (Å²) in [7, 11) is 3.44. The van der Waals surface area contributed by atoms with Gasteiger partial charge in [0.2, 0.25) is 5.91 Å². The number of carbonyl (C=O) groups excluding carboxylic acids is 3. The van der Waals surface area contributed by atoms with Crippen molar-refractivity contribution in [1.29, 1.82) is 0 Å². The number of halogens is 2. The maximum Gasteiger partial charge on any atom is 0.316 e. The lowest BCUT2D eigenvalue weighted by molar-refractivity contribution is -0.151. The van der Waals surface area contributed by atoms with Gasteiger partial charge in [-0.25, -0.2) is 0 Å². The molecule has 262 valence electrons. The largest absolute Gasteiger partial charge is 0.343 e. The first-order valence-corrected chi connectivity index (χ1v) is 18.8. The lowest BCUT2D eigenvalue weighted by Crippen LogP contribution is -2.59. The minimum absolute atomic E-state index is 0.0691. The van der Waals surface area contributed by atoms with Crippen LogP contribution in [0.3, 0.4) is 0 Å². The maximum absolute atomic E-state index is 14.4. The van der Waals surface area contributed by atoms with Gasteiger partial charge in [0.05, 0.1) is 15.6 Å². The third-order valence-corrected chi connectivity index (χ3v) is 12.6. The van der Waals surface area contributed by atoms with E-state index in [1.807, 2.05) is 64.1 Å². The Morgan fingerprint density at radius 1 is 0.878 bits per heavy atom. The number of nitrogens with zero attached hydrogens (tertiary/aromatic N) is 4. The van der Waals surface area contributed by atoms with Crippen LogP contribution in [0.1, 0.15) is 63.6 Å². The third-order valence-electron chi connectivity index (χ3n) is 10.2. The fraction of sp³-hybridized carbons (Fsp3) is 0.462. The number of amides is 3. The summed E-state index contributed by atoms with van der Waals surface area (Å²) in [5, 5.41) is 0.734. The molecular formula is C39H48Cl2N4O3S. The Labute approximate surface area is 305 Å². The molecule has 2 aliphatic rings. The Morgan fingerprint density at radius 2 is 1.53 bits per heavy atom. The van der Waals surface area contributed by atoms with Crippen LogP contribution in [0, 0.1) is 5.41 Å². The quantitative estimate of drug-likeness (QED) is 0.211. The van der Waals surface area contributed by atoms with Gasteiger partial charge in [0, 0.05) is 55.3 Å². The number of para-hydroxylation sites is 1. The highest BCUT2D eigenvalue weighted by molar-refractivity contribution is 7.99. The van der Waals surface area contributed by atoms with Crippen molar-refractivity contribution in [2.75, 3.05) is 51.7 Å². The second kappa shape index (κ2) is 15.1. The van der Waals surface area contributed by atoms with Gasteiger partial charge in [-0.1, -0.05) is 92.5 Å². The van der Waals surface area contributed by atoms with Crippen molar-refractivity contribution in [1.82, 2.24) is 14.7 Å². The third kappa shape index (κ3) is 7.68. The van der Waals surface area contributed by atoms with Crippen molar-refractivity contribution >= 4 is 58.4 Å². The van der Waals surface area contributed by atoms with Gasteiger partial charge in [-0.2, -0.15) is 0 Å². The number of likely N-dealkylation sites (N-methyl/N-ethyl adjacent to an activating group) is 3. The lowest BCUT2D eigenvalue weighted by atomic mass is 9.82.